The zero-order chi connectivity index (χ0) is 17.5. The minimum atomic E-state index is 0.338. The Kier molecular flexibility index (Phi) is 6.56. The molecule has 0 spiro atoms. The van der Waals surface area contributed by atoms with E-state index in [1.807, 2.05) is 0 Å². The molecule has 1 aliphatic carbocycles. The molecule has 0 bridgehead atoms. The van der Waals surface area contributed by atoms with Crippen molar-refractivity contribution < 1.29 is 4.74 Å². The lowest BCUT2D eigenvalue weighted by molar-refractivity contribution is 0.251. The lowest BCUT2D eigenvalue weighted by Gasteiger charge is -2.27. The van der Waals surface area contributed by atoms with Crippen LogP contribution in [0.1, 0.15) is 44.2 Å². The predicted octanol–water partition coefficient (Wildman–Crippen LogP) is 2.80. The normalized spacial score (nSPS) is 19.7. The molecule has 1 saturated carbocycles. The average Bonchev–Trinajstić information content (AvgIpc) is 3.32. The van der Waals surface area contributed by atoms with E-state index >= 15 is 0 Å². The lowest BCUT2D eigenvalue weighted by atomic mass is 10.1. The number of nitrogens with zero attached hydrogens (tertiary/aromatic N) is 2. The Morgan fingerprint density at radius 1 is 1.20 bits per heavy atom. The molecular weight excluding hydrogens is 312 g/mol. The maximum atomic E-state index is 5.30. The molecule has 1 aromatic carbocycles. The molecule has 1 unspecified atom stereocenters. The van der Waals surface area contributed by atoms with E-state index in [0.29, 0.717) is 6.04 Å². The molecule has 1 heterocycles. The lowest BCUT2D eigenvalue weighted by Crippen LogP contribution is -2.39. The van der Waals surface area contributed by atoms with Crippen molar-refractivity contribution in [3.8, 4) is 5.75 Å². The fraction of sp³-hybridized carbons (Fsp3) is 0.650. The maximum absolute atomic E-state index is 5.30. The van der Waals surface area contributed by atoms with E-state index in [0.717, 1.165) is 50.4 Å². The molecule has 0 aromatic heterocycles. The number of rotatable bonds is 8. The van der Waals surface area contributed by atoms with E-state index in [1.54, 1.807) is 7.11 Å². The Labute approximate surface area is 151 Å². The third kappa shape index (κ3) is 5.36. The van der Waals surface area contributed by atoms with Crippen molar-refractivity contribution in [3.63, 3.8) is 0 Å². The highest BCUT2D eigenvalue weighted by atomic mass is 16.5. The van der Waals surface area contributed by atoms with Crippen LogP contribution in [0.3, 0.4) is 0 Å². The van der Waals surface area contributed by atoms with E-state index in [4.69, 9.17) is 9.73 Å². The topological polar surface area (TPSA) is 48.9 Å². The van der Waals surface area contributed by atoms with Crippen molar-refractivity contribution in [2.45, 2.75) is 38.6 Å². The second-order valence-electron chi connectivity index (χ2n) is 7.08. The van der Waals surface area contributed by atoms with Gasteiger partial charge in [0.2, 0.25) is 0 Å². The molecule has 1 saturated heterocycles. The third-order valence-corrected chi connectivity index (χ3v) is 5.10. The Bertz CT molecular complexity index is 547. The van der Waals surface area contributed by atoms with Gasteiger partial charge in [0, 0.05) is 13.1 Å². The molecule has 1 aliphatic heterocycles. The zero-order valence-electron chi connectivity index (χ0n) is 15.6. The summed E-state index contributed by atoms with van der Waals surface area (Å²) in [6, 6.07) is 8.81. The molecule has 25 heavy (non-hydrogen) atoms. The van der Waals surface area contributed by atoms with Gasteiger partial charge in [-0.25, -0.2) is 0 Å². The maximum Gasteiger partial charge on any atom is 0.191 e. The molecule has 2 aliphatic rings. The summed E-state index contributed by atoms with van der Waals surface area (Å²) >= 11 is 0. The Morgan fingerprint density at radius 3 is 2.52 bits per heavy atom. The quantitative estimate of drug-likeness (QED) is 0.562. The van der Waals surface area contributed by atoms with E-state index in [1.165, 1.54) is 31.2 Å². The zero-order valence-corrected chi connectivity index (χ0v) is 15.6. The highest BCUT2D eigenvalue weighted by molar-refractivity contribution is 5.79. The summed E-state index contributed by atoms with van der Waals surface area (Å²) in [4.78, 5) is 7.46. The molecule has 3 rings (SSSR count). The van der Waals surface area contributed by atoms with E-state index < -0.39 is 0 Å². The molecule has 1 atom stereocenters. The summed E-state index contributed by atoms with van der Waals surface area (Å²) in [6.07, 6.45) is 5.29. The monoisotopic (exact) mass is 344 g/mol. The molecule has 1 aromatic rings. The van der Waals surface area contributed by atoms with Crippen molar-refractivity contribution in [1.29, 1.82) is 0 Å². The highest BCUT2D eigenvalue weighted by Gasteiger charge is 2.24. The number of ether oxygens (including phenoxy) is 1. The van der Waals surface area contributed by atoms with Gasteiger partial charge in [0.15, 0.2) is 5.96 Å². The first kappa shape index (κ1) is 18.1. The summed E-state index contributed by atoms with van der Waals surface area (Å²) < 4.78 is 5.30. The molecule has 0 amide bonds. The van der Waals surface area contributed by atoms with Gasteiger partial charge >= 0.3 is 0 Å². The smallest absolute Gasteiger partial charge is 0.191 e. The number of hydrogen-bond acceptors (Lipinski definition) is 3. The second kappa shape index (κ2) is 9.09. The van der Waals surface area contributed by atoms with Gasteiger partial charge in [-0.3, -0.25) is 9.89 Å². The van der Waals surface area contributed by atoms with E-state index in [2.05, 4.69) is 46.7 Å². The second-order valence-corrected chi connectivity index (χ2v) is 7.08. The number of hydrogen-bond donors (Lipinski definition) is 2. The van der Waals surface area contributed by atoms with Gasteiger partial charge in [-0.2, -0.15) is 0 Å². The summed E-state index contributed by atoms with van der Waals surface area (Å²) in [5, 5.41) is 6.88. The predicted molar refractivity (Wildman–Crippen MR) is 103 cm³/mol. The van der Waals surface area contributed by atoms with Crippen LogP contribution in [0.2, 0.25) is 0 Å². The van der Waals surface area contributed by atoms with Gasteiger partial charge in [0.25, 0.3) is 0 Å². The third-order valence-electron chi connectivity index (χ3n) is 5.10. The first-order chi connectivity index (χ1) is 12.3. The van der Waals surface area contributed by atoms with Crippen LogP contribution in [-0.2, 0) is 0 Å². The SMILES string of the molecule is CCNC(=NCC(c1ccc(OC)cc1)N1CCCC1)NCC1CC1. The van der Waals surface area contributed by atoms with Crippen LogP contribution in [-0.4, -0.2) is 50.7 Å². The number of aliphatic imine (C=N–C) groups is 1. The minimum absolute atomic E-state index is 0.338. The van der Waals surface area contributed by atoms with Crippen molar-refractivity contribution >= 4 is 5.96 Å². The Balaban J connectivity index is 1.69. The molecule has 5 heteroatoms. The fourth-order valence-corrected chi connectivity index (χ4v) is 3.39. The fourth-order valence-electron chi connectivity index (χ4n) is 3.39. The summed E-state index contributed by atoms with van der Waals surface area (Å²) in [5.41, 5.74) is 1.32. The van der Waals surface area contributed by atoms with Crippen molar-refractivity contribution in [2.75, 3.05) is 39.8 Å². The first-order valence-electron chi connectivity index (χ1n) is 9.70. The van der Waals surface area contributed by atoms with Gasteiger partial charge in [-0.1, -0.05) is 12.1 Å². The number of likely N-dealkylation sites (tertiary alicyclic amines) is 1. The average molecular weight is 345 g/mol. The van der Waals surface area contributed by atoms with Crippen LogP contribution in [0.15, 0.2) is 29.3 Å². The van der Waals surface area contributed by atoms with E-state index in [-0.39, 0.29) is 0 Å². The highest BCUT2D eigenvalue weighted by Crippen LogP contribution is 2.28. The van der Waals surface area contributed by atoms with Crippen LogP contribution in [0, 0.1) is 5.92 Å². The van der Waals surface area contributed by atoms with Crippen LogP contribution in [0.25, 0.3) is 0 Å². The van der Waals surface area contributed by atoms with Crippen molar-refractivity contribution in [2.24, 2.45) is 10.9 Å². The Hall–Kier alpha value is -1.75. The summed E-state index contributed by atoms with van der Waals surface area (Å²) in [5.74, 6) is 2.71. The molecular formula is C20H32N4O. The first-order valence-corrected chi connectivity index (χ1v) is 9.70. The van der Waals surface area contributed by atoms with Crippen LogP contribution >= 0.6 is 0 Å². The summed E-state index contributed by atoms with van der Waals surface area (Å²) in [7, 11) is 1.71. The van der Waals surface area contributed by atoms with Crippen LogP contribution in [0.5, 0.6) is 5.75 Å². The number of guanidine groups is 1. The molecule has 138 valence electrons. The van der Waals surface area contributed by atoms with Gasteiger partial charge in [-0.15, -0.1) is 0 Å². The Morgan fingerprint density at radius 2 is 1.92 bits per heavy atom. The summed E-state index contributed by atoms with van der Waals surface area (Å²) in [6.45, 7) is 7.18. The molecule has 2 N–H and O–H groups in total. The van der Waals surface area contributed by atoms with Gasteiger partial charge in [-0.05, 0) is 69.3 Å². The minimum Gasteiger partial charge on any atom is -0.497 e. The van der Waals surface area contributed by atoms with Crippen LogP contribution < -0.4 is 15.4 Å². The molecule has 5 nitrogen and oxygen atoms in total. The molecule has 0 radical (unpaired) electrons. The van der Waals surface area contributed by atoms with Crippen molar-refractivity contribution in [1.82, 2.24) is 15.5 Å². The largest absolute Gasteiger partial charge is 0.497 e. The standard InChI is InChI=1S/C20H32N4O/c1-3-21-20(22-14-16-6-7-16)23-15-19(24-12-4-5-13-24)17-8-10-18(25-2)11-9-17/h8-11,16,19H,3-7,12-15H2,1-2H3,(H2,21,22,23). The number of nitrogens with one attached hydrogen (secondary N) is 2. The van der Waals surface area contributed by atoms with Gasteiger partial charge < -0.3 is 15.4 Å². The number of benzene rings is 1. The van der Waals surface area contributed by atoms with E-state index in [9.17, 15) is 0 Å². The molecule has 2 fully saturated rings. The van der Waals surface area contributed by atoms with Crippen molar-refractivity contribution in [3.05, 3.63) is 29.8 Å². The van der Waals surface area contributed by atoms with Gasteiger partial charge in [0.1, 0.15) is 5.75 Å². The van der Waals surface area contributed by atoms with Gasteiger partial charge in [0.05, 0.1) is 19.7 Å². The van der Waals surface area contributed by atoms with Crippen LogP contribution in [0.4, 0.5) is 0 Å². The number of methoxy groups -OCH3 is 1.